The fourth-order valence-electron chi connectivity index (χ4n) is 3.24. The van der Waals surface area contributed by atoms with E-state index in [1.54, 1.807) is 0 Å². The summed E-state index contributed by atoms with van der Waals surface area (Å²) < 4.78 is 0.730. The van der Waals surface area contributed by atoms with Crippen LogP contribution in [0.3, 0.4) is 0 Å². The van der Waals surface area contributed by atoms with Gasteiger partial charge in [-0.1, -0.05) is 84.0 Å². The Morgan fingerprint density at radius 1 is 0.696 bits per heavy atom. The highest BCUT2D eigenvalue weighted by molar-refractivity contribution is 5.74. The minimum Gasteiger partial charge on any atom is -0.365 e. The second-order valence-electron chi connectivity index (χ2n) is 7.88. The molecule has 0 fully saturated rings. The van der Waals surface area contributed by atoms with Gasteiger partial charge in [-0.05, 0) is 12.8 Å². The van der Waals surface area contributed by atoms with E-state index in [2.05, 4.69) is 21.0 Å². The highest BCUT2D eigenvalue weighted by Gasteiger charge is 2.16. The van der Waals surface area contributed by atoms with Crippen molar-refractivity contribution in [2.75, 3.05) is 27.2 Å². The minimum atomic E-state index is -0.194. The first kappa shape index (κ1) is 22.4. The minimum absolute atomic E-state index is 0.194. The van der Waals surface area contributed by atoms with Gasteiger partial charge in [0.15, 0.2) is 6.54 Å². The van der Waals surface area contributed by atoms with Crippen molar-refractivity contribution in [2.45, 2.75) is 96.8 Å². The van der Waals surface area contributed by atoms with Crippen molar-refractivity contribution in [1.82, 2.24) is 0 Å². The molecule has 0 heterocycles. The molecule has 138 valence electrons. The molecule has 1 amide bonds. The predicted molar refractivity (Wildman–Crippen MR) is 101 cm³/mol. The van der Waals surface area contributed by atoms with Gasteiger partial charge in [0.25, 0.3) is 5.91 Å². The summed E-state index contributed by atoms with van der Waals surface area (Å²) in [6, 6.07) is 0. The number of carbonyl (C=O) groups excluding carboxylic acids is 1. The monoisotopic (exact) mass is 327 g/mol. The number of hydrogen-bond acceptors (Lipinski definition) is 1. The molecule has 0 aromatic carbocycles. The third-order valence-corrected chi connectivity index (χ3v) is 4.70. The van der Waals surface area contributed by atoms with E-state index < -0.39 is 0 Å². The lowest BCUT2D eigenvalue weighted by Gasteiger charge is -2.28. The van der Waals surface area contributed by atoms with Gasteiger partial charge in [-0.3, -0.25) is 4.79 Å². The zero-order valence-corrected chi connectivity index (χ0v) is 16.2. The summed E-state index contributed by atoms with van der Waals surface area (Å²) in [5.74, 6) is -0.194. The largest absolute Gasteiger partial charge is 0.365 e. The molecular formula is C20H43N2O+. The Morgan fingerprint density at radius 2 is 1.04 bits per heavy atom. The van der Waals surface area contributed by atoms with Crippen molar-refractivity contribution in [3.63, 3.8) is 0 Å². The lowest BCUT2D eigenvalue weighted by Crippen LogP contribution is -2.46. The van der Waals surface area contributed by atoms with Crippen LogP contribution in [0.15, 0.2) is 0 Å². The lowest BCUT2D eigenvalue weighted by molar-refractivity contribution is -0.882. The van der Waals surface area contributed by atoms with Crippen LogP contribution in [0.2, 0.25) is 0 Å². The van der Waals surface area contributed by atoms with Gasteiger partial charge in [0, 0.05) is 0 Å². The number of rotatable bonds is 17. The first-order valence-corrected chi connectivity index (χ1v) is 10.1. The van der Waals surface area contributed by atoms with Gasteiger partial charge in [-0.2, -0.15) is 0 Å². The first-order valence-electron chi connectivity index (χ1n) is 10.1. The number of carbonyl (C=O) groups is 1. The third-order valence-electron chi connectivity index (χ3n) is 4.70. The Bertz CT molecular complexity index is 277. The molecule has 0 aromatic rings. The van der Waals surface area contributed by atoms with Gasteiger partial charge in [0.1, 0.15) is 0 Å². The maximum absolute atomic E-state index is 11.0. The molecule has 3 nitrogen and oxygen atoms in total. The standard InChI is InChI=1S/C20H42N2O/c1-4-5-6-7-8-9-10-11-12-13-14-15-16-17-18-22(2,3)19-20(21)23/h4-19H2,1-3H3,(H-,21,23)/p+1. The number of nitrogens with zero attached hydrogens (tertiary/aromatic N) is 1. The zero-order valence-electron chi connectivity index (χ0n) is 16.2. The van der Waals surface area contributed by atoms with Crippen LogP contribution in [0.4, 0.5) is 0 Å². The third kappa shape index (κ3) is 17.6. The van der Waals surface area contributed by atoms with Gasteiger partial charge in [0.2, 0.25) is 0 Å². The molecule has 0 rings (SSSR count). The van der Waals surface area contributed by atoms with Crippen molar-refractivity contribution in [2.24, 2.45) is 5.73 Å². The lowest BCUT2D eigenvalue weighted by atomic mass is 10.0. The van der Waals surface area contributed by atoms with Crippen LogP contribution in [-0.2, 0) is 4.79 Å². The Kier molecular flexibility index (Phi) is 14.6. The maximum atomic E-state index is 11.0. The topological polar surface area (TPSA) is 43.1 Å². The Balaban J connectivity index is 3.20. The van der Waals surface area contributed by atoms with Crippen LogP contribution >= 0.6 is 0 Å². The smallest absolute Gasteiger partial charge is 0.272 e. The fraction of sp³-hybridized carbons (Fsp3) is 0.950. The molecule has 0 spiro atoms. The molecule has 0 aliphatic heterocycles. The number of quaternary nitrogens is 1. The molecule has 3 heteroatoms. The number of amides is 1. The molecule has 0 aliphatic carbocycles. The second-order valence-corrected chi connectivity index (χ2v) is 7.88. The molecule has 0 unspecified atom stereocenters. The Labute approximate surface area is 145 Å². The predicted octanol–water partition coefficient (Wildman–Crippen LogP) is 5.03. The summed E-state index contributed by atoms with van der Waals surface area (Å²) in [7, 11) is 4.18. The van der Waals surface area contributed by atoms with Gasteiger partial charge >= 0.3 is 0 Å². The van der Waals surface area contributed by atoms with Crippen LogP contribution in [0.25, 0.3) is 0 Å². The Hall–Kier alpha value is -0.570. The highest BCUT2D eigenvalue weighted by Crippen LogP contribution is 2.13. The van der Waals surface area contributed by atoms with Crippen LogP contribution in [0.5, 0.6) is 0 Å². The average molecular weight is 328 g/mol. The van der Waals surface area contributed by atoms with E-state index in [0.717, 1.165) is 11.0 Å². The van der Waals surface area contributed by atoms with Gasteiger partial charge in [-0.15, -0.1) is 0 Å². The second kappa shape index (κ2) is 15.0. The SMILES string of the molecule is CCCCCCCCCCCCCCCC[N+](C)(C)CC(N)=O. The number of likely N-dealkylation sites (N-methyl/N-ethyl adjacent to an activating group) is 1. The summed E-state index contributed by atoms with van der Waals surface area (Å²) in [5, 5.41) is 0. The van der Waals surface area contributed by atoms with E-state index in [1.807, 2.05) is 0 Å². The van der Waals surface area contributed by atoms with E-state index >= 15 is 0 Å². The molecule has 23 heavy (non-hydrogen) atoms. The molecule has 0 bridgehead atoms. The van der Waals surface area contributed by atoms with Gasteiger partial charge < -0.3 is 10.2 Å². The Morgan fingerprint density at radius 3 is 1.39 bits per heavy atom. The molecule has 0 saturated carbocycles. The molecule has 0 radical (unpaired) electrons. The summed E-state index contributed by atoms with van der Waals surface area (Å²) in [5.41, 5.74) is 5.27. The maximum Gasteiger partial charge on any atom is 0.272 e. The van der Waals surface area contributed by atoms with Crippen molar-refractivity contribution >= 4 is 5.91 Å². The summed E-state index contributed by atoms with van der Waals surface area (Å²) >= 11 is 0. The molecule has 0 atom stereocenters. The van der Waals surface area contributed by atoms with Crippen molar-refractivity contribution in [3.05, 3.63) is 0 Å². The molecule has 0 aliphatic rings. The number of nitrogens with two attached hydrogens (primary N) is 1. The van der Waals surface area contributed by atoms with Gasteiger partial charge in [-0.25, -0.2) is 0 Å². The normalized spacial score (nSPS) is 11.8. The van der Waals surface area contributed by atoms with Crippen LogP contribution in [-0.4, -0.2) is 37.6 Å². The number of primary amides is 1. The summed E-state index contributed by atoms with van der Waals surface area (Å²) in [4.78, 5) is 11.0. The average Bonchev–Trinajstić information content (AvgIpc) is 2.46. The quantitative estimate of drug-likeness (QED) is 0.295. The van der Waals surface area contributed by atoms with Gasteiger partial charge in [0.05, 0.1) is 20.6 Å². The molecular weight excluding hydrogens is 284 g/mol. The van der Waals surface area contributed by atoms with Crippen LogP contribution in [0, 0.1) is 0 Å². The first-order chi connectivity index (χ1) is 11.0. The molecule has 0 saturated heterocycles. The van der Waals surface area contributed by atoms with Crippen LogP contribution in [0.1, 0.15) is 96.8 Å². The van der Waals surface area contributed by atoms with E-state index in [-0.39, 0.29) is 5.91 Å². The fourth-order valence-corrected chi connectivity index (χ4v) is 3.24. The van der Waals surface area contributed by atoms with Crippen molar-refractivity contribution < 1.29 is 9.28 Å². The molecule has 2 N–H and O–H groups in total. The van der Waals surface area contributed by atoms with Crippen molar-refractivity contribution in [1.29, 1.82) is 0 Å². The van der Waals surface area contributed by atoms with E-state index in [1.165, 1.54) is 89.9 Å². The number of hydrogen-bond donors (Lipinski definition) is 1. The zero-order chi connectivity index (χ0) is 17.4. The van der Waals surface area contributed by atoms with Crippen LogP contribution < -0.4 is 5.73 Å². The summed E-state index contributed by atoms with van der Waals surface area (Å²) in [6.45, 7) is 3.79. The highest BCUT2D eigenvalue weighted by atomic mass is 16.1. The van der Waals surface area contributed by atoms with E-state index in [9.17, 15) is 4.79 Å². The number of unbranched alkanes of at least 4 members (excludes halogenated alkanes) is 13. The summed E-state index contributed by atoms with van der Waals surface area (Å²) in [6.07, 6.45) is 19.4. The molecule has 0 aromatic heterocycles. The van der Waals surface area contributed by atoms with E-state index in [0.29, 0.717) is 6.54 Å². The van der Waals surface area contributed by atoms with E-state index in [4.69, 9.17) is 5.73 Å². The van der Waals surface area contributed by atoms with Crippen molar-refractivity contribution in [3.8, 4) is 0 Å².